The van der Waals surface area contributed by atoms with Crippen LogP contribution in [0.25, 0.3) is 0 Å². The number of methoxy groups -OCH3 is 1. The fourth-order valence-corrected chi connectivity index (χ4v) is 6.70. The third-order valence-electron chi connectivity index (χ3n) is 6.98. The summed E-state index contributed by atoms with van der Waals surface area (Å²) < 4.78 is 34.7. The van der Waals surface area contributed by atoms with Crippen molar-refractivity contribution in [1.82, 2.24) is 10.2 Å². The Labute approximate surface area is 277 Å². The minimum atomic E-state index is -4.67. The normalized spacial score (nSPS) is 11.9. The molecule has 0 heterocycles. The number of ether oxygens (including phenoxy) is 1. The Morgan fingerprint density at radius 1 is 1.04 bits per heavy atom. The van der Waals surface area contributed by atoms with Gasteiger partial charge in [0.05, 0.1) is 22.6 Å². The third kappa shape index (κ3) is 8.37. The zero-order valence-corrected chi connectivity index (χ0v) is 28.1. The minimum absolute atomic E-state index is 0.0609. The number of nitrogens with one attached hydrogen (secondary N) is 1. The van der Waals surface area contributed by atoms with Gasteiger partial charge in [0.1, 0.15) is 18.3 Å². The van der Waals surface area contributed by atoms with Crippen LogP contribution in [0.3, 0.4) is 0 Å². The molecule has 0 radical (unpaired) electrons. The van der Waals surface area contributed by atoms with Crippen molar-refractivity contribution < 1.29 is 27.7 Å². The highest BCUT2D eigenvalue weighted by Gasteiger charge is 2.36. The average Bonchev–Trinajstić information content (AvgIpc) is 2.99. The van der Waals surface area contributed by atoms with Gasteiger partial charge in [0.2, 0.25) is 11.8 Å². The molecule has 0 aliphatic heterocycles. The zero-order chi connectivity index (χ0) is 33.5. The van der Waals surface area contributed by atoms with Gasteiger partial charge in [-0.15, -0.1) is 0 Å². The van der Waals surface area contributed by atoms with Crippen molar-refractivity contribution >= 4 is 68.0 Å². The van der Waals surface area contributed by atoms with Crippen molar-refractivity contribution in [2.24, 2.45) is 0 Å². The first-order valence-electron chi connectivity index (χ1n) is 13.9. The van der Waals surface area contributed by atoms with E-state index in [2.05, 4.69) is 5.32 Å². The maximum atomic E-state index is 14.3. The molecule has 0 bridgehead atoms. The lowest BCUT2D eigenvalue weighted by atomic mass is 10.1. The second-order valence-electron chi connectivity index (χ2n) is 9.97. The largest absolute Gasteiger partial charge is 0.495 e. The van der Waals surface area contributed by atoms with Crippen LogP contribution in [0.1, 0.15) is 37.8 Å². The van der Waals surface area contributed by atoms with Crippen molar-refractivity contribution in [2.75, 3.05) is 24.5 Å². The molecule has 15 heteroatoms. The van der Waals surface area contributed by atoms with Gasteiger partial charge in [0.25, 0.3) is 15.7 Å². The van der Waals surface area contributed by atoms with E-state index in [9.17, 15) is 28.1 Å². The number of nitro benzene ring substituents is 1. The number of carbonyl (C=O) groups is 2. The van der Waals surface area contributed by atoms with Crippen LogP contribution in [0.2, 0.25) is 15.1 Å². The molecule has 3 aromatic carbocycles. The number of nitro groups is 1. The lowest BCUT2D eigenvalue weighted by molar-refractivity contribution is -0.385. The topological polar surface area (TPSA) is 139 Å². The quantitative estimate of drug-likeness (QED) is 0.152. The summed E-state index contributed by atoms with van der Waals surface area (Å²) in [5, 5.41) is 15.1. The lowest BCUT2D eigenvalue weighted by Crippen LogP contribution is -2.52. The monoisotopic (exact) mass is 698 g/mol. The van der Waals surface area contributed by atoms with E-state index in [1.165, 1.54) is 49.3 Å². The summed E-state index contributed by atoms with van der Waals surface area (Å²) in [7, 11) is -3.36. The number of aryl methyl sites for hydroxylation is 1. The predicted molar refractivity (Wildman–Crippen MR) is 175 cm³/mol. The Balaban J connectivity index is 2.22. The minimum Gasteiger partial charge on any atom is -0.495 e. The Bertz CT molecular complexity index is 1670. The molecule has 1 N–H and O–H groups in total. The smallest absolute Gasteiger partial charge is 0.273 e. The number of hydrogen-bond donors (Lipinski definition) is 1. The number of nitrogens with zero attached hydrogens (tertiary/aromatic N) is 3. The summed E-state index contributed by atoms with van der Waals surface area (Å²) in [6.45, 7) is 4.37. The number of sulfonamides is 1. The summed E-state index contributed by atoms with van der Waals surface area (Å²) in [5.74, 6) is -1.16. The van der Waals surface area contributed by atoms with E-state index in [0.29, 0.717) is 18.5 Å². The molecule has 0 unspecified atom stereocenters. The van der Waals surface area contributed by atoms with Crippen molar-refractivity contribution in [1.29, 1.82) is 0 Å². The Morgan fingerprint density at radius 2 is 1.71 bits per heavy atom. The second kappa shape index (κ2) is 15.6. The number of carbonyl (C=O) groups excluding carboxylic acids is 2. The van der Waals surface area contributed by atoms with Crippen LogP contribution in [0.5, 0.6) is 5.75 Å². The number of hydrogen-bond acceptors (Lipinski definition) is 7. The number of halogens is 3. The van der Waals surface area contributed by atoms with Crippen molar-refractivity contribution in [3.63, 3.8) is 0 Å². The van der Waals surface area contributed by atoms with Gasteiger partial charge in [-0.25, -0.2) is 8.42 Å². The van der Waals surface area contributed by atoms with Crippen LogP contribution >= 0.6 is 34.8 Å². The molecular formula is C30H33Cl3N4O7S. The second-order valence-corrected chi connectivity index (χ2v) is 13.1. The molecule has 0 aromatic heterocycles. The first-order chi connectivity index (χ1) is 21.3. The van der Waals surface area contributed by atoms with Gasteiger partial charge in [-0.05, 0) is 56.2 Å². The predicted octanol–water partition coefficient (Wildman–Crippen LogP) is 6.40. The lowest BCUT2D eigenvalue weighted by Gasteiger charge is -2.34. The molecule has 0 fully saturated rings. The van der Waals surface area contributed by atoms with Gasteiger partial charge in [-0.2, -0.15) is 0 Å². The van der Waals surface area contributed by atoms with Gasteiger partial charge in [0.15, 0.2) is 0 Å². The molecule has 0 saturated heterocycles. The van der Waals surface area contributed by atoms with E-state index in [1.54, 1.807) is 25.1 Å². The molecule has 242 valence electrons. The van der Waals surface area contributed by atoms with Gasteiger partial charge in [-0.1, -0.05) is 60.8 Å². The van der Waals surface area contributed by atoms with Crippen LogP contribution < -0.4 is 14.4 Å². The molecule has 0 aliphatic carbocycles. The third-order valence-corrected chi connectivity index (χ3v) is 9.68. The van der Waals surface area contributed by atoms with Gasteiger partial charge in [-0.3, -0.25) is 24.0 Å². The molecule has 0 saturated carbocycles. The highest BCUT2D eigenvalue weighted by molar-refractivity contribution is 7.92. The van der Waals surface area contributed by atoms with E-state index < -0.39 is 49.9 Å². The summed E-state index contributed by atoms with van der Waals surface area (Å²) in [5.41, 5.74) is 0.0863. The highest BCUT2D eigenvalue weighted by atomic mass is 35.5. The summed E-state index contributed by atoms with van der Waals surface area (Å²) in [6.07, 6.45) is 0.830. The van der Waals surface area contributed by atoms with Gasteiger partial charge >= 0.3 is 0 Å². The van der Waals surface area contributed by atoms with Crippen LogP contribution in [0.15, 0.2) is 59.5 Å². The fraction of sp³-hybridized carbons (Fsp3) is 0.333. The van der Waals surface area contributed by atoms with Crippen LogP contribution in [0, 0.1) is 17.0 Å². The molecule has 2 amide bonds. The van der Waals surface area contributed by atoms with E-state index in [-0.39, 0.29) is 45.0 Å². The molecule has 45 heavy (non-hydrogen) atoms. The Hall–Kier alpha value is -3.58. The molecule has 11 nitrogen and oxygen atoms in total. The molecular weight excluding hydrogens is 667 g/mol. The molecule has 0 spiro atoms. The standard InChI is InChI=1S/C30H33Cl3N4O7S/c1-5-14-34-30(39)25(6-2)35(17-22-23(32)8-7-9-24(22)33)29(38)18-36(27-15-20(31)11-13-28(27)44-4)45(42,43)21-12-10-19(3)26(16-21)37(40)41/h7-13,15-16,25H,5-6,14,17-18H2,1-4H3,(H,34,39)/t25-/m1/s1. The number of benzene rings is 3. The summed E-state index contributed by atoms with van der Waals surface area (Å²) >= 11 is 19.1. The molecule has 0 aliphatic rings. The van der Waals surface area contributed by atoms with Crippen molar-refractivity contribution in [3.8, 4) is 5.75 Å². The van der Waals surface area contributed by atoms with E-state index >= 15 is 0 Å². The Kier molecular flexibility index (Phi) is 12.5. The SMILES string of the molecule is CCCNC(=O)[C@@H](CC)N(Cc1c(Cl)cccc1Cl)C(=O)CN(c1cc(Cl)ccc1OC)S(=O)(=O)c1ccc(C)c([N+](=O)[O-])c1. The highest BCUT2D eigenvalue weighted by Crippen LogP contribution is 2.36. The first-order valence-corrected chi connectivity index (χ1v) is 16.5. The maximum absolute atomic E-state index is 14.3. The Morgan fingerprint density at radius 3 is 2.29 bits per heavy atom. The van der Waals surface area contributed by atoms with Gasteiger partial charge < -0.3 is 15.0 Å². The zero-order valence-electron chi connectivity index (χ0n) is 25.1. The summed E-state index contributed by atoms with van der Waals surface area (Å²) in [4.78, 5) is 39.3. The van der Waals surface area contributed by atoms with Crippen molar-refractivity contribution in [2.45, 2.75) is 51.1 Å². The van der Waals surface area contributed by atoms with Crippen LogP contribution in [-0.4, -0.2) is 56.3 Å². The van der Waals surface area contributed by atoms with E-state index in [0.717, 1.165) is 10.4 Å². The molecule has 3 rings (SSSR count). The molecule has 1 atom stereocenters. The number of amides is 2. The maximum Gasteiger partial charge on any atom is 0.273 e. The molecule has 3 aromatic rings. The number of anilines is 1. The fourth-order valence-electron chi connectivity index (χ4n) is 4.58. The van der Waals surface area contributed by atoms with Crippen LogP contribution in [-0.2, 0) is 26.2 Å². The summed E-state index contributed by atoms with van der Waals surface area (Å²) in [6, 6.07) is 11.4. The average molecular weight is 700 g/mol. The van der Waals surface area contributed by atoms with E-state index in [1.807, 2.05) is 6.92 Å². The van der Waals surface area contributed by atoms with Crippen LogP contribution in [0.4, 0.5) is 11.4 Å². The number of rotatable bonds is 14. The van der Waals surface area contributed by atoms with Gasteiger partial charge in [0, 0.05) is 45.4 Å². The first kappa shape index (κ1) is 35.9. The van der Waals surface area contributed by atoms with Crippen molar-refractivity contribution in [3.05, 3.63) is 90.9 Å². The van der Waals surface area contributed by atoms with E-state index in [4.69, 9.17) is 39.5 Å².